The predicted octanol–water partition coefficient (Wildman–Crippen LogP) is 1.65. The Kier molecular flexibility index (Phi) is 5.41. The highest BCUT2D eigenvalue weighted by atomic mass is 16.5. The number of likely N-dealkylation sites (N-methyl/N-ethyl adjacent to an activating group) is 1. The molecule has 1 rings (SSSR count). The fourth-order valence-corrected chi connectivity index (χ4v) is 2.41. The lowest BCUT2D eigenvalue weighted by Crippen LogP contribution is -2.39. The number of rotatable bonds is 6. The second-order valence-corrected chi connectivity index (χ2v) is 5.82. The zero-order valence-corrected chi connectivity index (χ0v) is 12.0. The molecule has 5 nitrogen and oxygen atoms in total. The van der Waals surface area contributed by atoms with E-state index in [2.05, 4.69) is 30.8 Å². The van der Waals surface area contributed by atoms with Gasteiger partial charge in [-0.05, 0) is 33.2 Å². The van der Waals surface area contributed by atoms with Gasteiger partial charge in [0.15, 0.2) is 0 Å². The normalized spacial score (nSPS) is 25.6. The summed E-state index contributed by atoms with van der Waals surface area (Å²) in [5.41, 5.74) is 5.63. The van der Waals surface area contributed by atoms with Crippen LogP contribution in [-0.2, 0) is 4.74 Å². The van der Waals surface area contributed by atoms with Crippen molar-refractivity contribution in [2.45, 2.75) is 52.2 Å². The molecule has 1 saturated heterocycles. The van der Waals surface area contributed by atoms with Gasteiger partial charge in [-0.2, -0.15) is 0 Å². The summed E-state index contributed by atoms with van der Waals surface area (Å²) in [4.78, 5) is 2.30. The quantitative estimate of drug-likeness (QED) is 0.328. The molecule has 0 aliphatic carbocycles. The number of nitrogens with two attached hydrogens (primary N) is 1. The number of amidine groups is 1. The first-order valence-corrected chi connectivity index (χ1v) is 6.75. The zero-order valence-electron chi connectivity index (χ0n) is 12.0. The molecule has 0 aromatic heterocycles. The molecule has 0 aromatic rings. The van der Waals surface area contributed by atoms with Gasteiger partial charge in [0.05, 0.1) is 11.7 Å². The third-order valence-corrected chi connectivity index (χ3v) is 3.62. The van der Waals surface area contributed by atoms with Crippen molar-refractivity contribution in [2.24, 2.45) is 16.8 Å². The van der Waals surface area contributed by atoms with E-state index >= 15 is 0 Å². The van der Waals surface area contributed by atoms with Crippen molar-refractivity contribution in [2.75, 3.05) is 19.6 Å². The molecule has 1 heterocycles. The summed E-state index contributed by atoms with van der Waals surface area (Å²) in [6.07, 6.45) is 2.53. The summed E-state index contributed by atoms with van der Waals surface area (Å²) >= 11 is 0. The topological polar surface area (TPSA) is 71.1 Å². The Balaban J connectivity index is 2.43. The van der Waals surface area contributed by atoms with Crippen LogP contribution in [0.25, 0.3) is 0 Å². The van der Waals surface area contributed by atoms with E-state index in [1.54, 1.807) is 0 Å². The Labute approximate surface area is 110 Å². The molecule has 18 heavy (non-hydrogen) atoms. The van der Waals surface area contributed by atoms with E-state index in [4.69, 9.17) is 15.7 Å². The number of nitrogens with zero attached hydrogens (tertiary/aromatic N) is 2. The Morgan fingerprint density at radius 1 is 1.61 bits per heavy atom. The molecule has 0 bridgehead atoms. The maximum Gasteiger partial charge on any atom is 0.143 e. The van der Waals surface area contributed by atoms with Gasteiger partial charge in [-0.15, -0.1) is 0 Å². The zero-order chi connectivity index (χ0) is 13.8. The fourth-order valence-electron chi connectivity index (χ4n) is 2.41. The van der Waals surface area contributed by atoms with Crippen LogP contribution >= 0.6 is 0 Å². The van der Waals surface area contributed by atoms with E-state index < -0.39 is 0 Å². The Hall–Kier alpha value is -0.810. The van der Waals surface area contributed by atoms with E-state index in [9.17, 15) is 0 Å². The van der Waals surface area contributed by atoms with E-state index in [0.717, 1.165) is 32.5 Å². The lowest BCUT2D eigenvalue weighted by Gasteiger charge is -2.27. The van der Waals surface area contributed by atoms with Crippen molar-refractivity contribution in [3.63, 3.8) is 0 Å². The third kappa shape index (κ3) is 4.46. The summed E-state index contributed by atoms with van der Waals surface area (Å²) in [7, 11) is 0. The average Bonchev–Trinajstić information content (AvgIpc) is 2.66. The summed E-state index contributed by atoms with van der Waals surface area (Å²) in [6, 6.07) is 0. The fraction of sp³-hybridized carbons (Fsp3) is 0.923. The molecule has 2 atom stereocenters. The van der Waals surface area contributed by atoms with E-state index in [1.807, 2.05) is 6.92 Å². The molecule has 0 aromatic carbocycles. The van der Waals surface area contributed by atoms with Crippen molar-refractivity contribution >= 4 is 5.84 Å². The van der Waals surface area contributed by atoms with Crippen molar-refractivity contribution in [3.8, 4) is 0 Å². The van der Waals surface area contributed by atoms with Gasteiger partial charge in [-0.1, -0.05) is 19.0 Å². The van der Waals surface area contributed by atoms with Crippen molar-refractivity contribution in [1.82, 2.24) is 4.90 Å². The molecular formula is C13H27N3O2. The highest BCUT2D eigenvalue weighted by molar-refractivity contribution is 5.82. The van der Waals surface area contributed by atoms with Gasteiger partial charge in [0, 0.05) is 19.0 Å². The molecule has 2 unspecified atom stereocenters. The molecule has 0 amide bonds. The van der Waals surface area contributed by atoms with Crippen LogP contribution in [-0.4, -0.2) is 47.3 Å². The molecule has 1 aliphatic rings. The molecule has 1 fully saturated rings. The molecule has 5 heteroatoms. The molecule has 0 saturated carbocycles. The van der Waals surface area contributed by atoms with Gasteiger partial charge < -0.3 is 20.6 Å². The predicted molar refractivity (Wildman–Crippen MR) is 72.9 cm³/mol. The lowest BCUT2D eigenvalue weighted by molar-refractivity contribution is -0.0287. The van der Waals surface area contributed by atoms with Crippen LogP contribution in [0.15, 0.2) is 5.16 Å². The van der Waals surface area contributed by atoms with Gasteiger partial charge >= 0.3 is 0 Å². The molecule has 0 spiro atoms. The van der Waals surface area contributed by atoms with Gasteiger partial charge in [0.1, 0.15) is 5.84 Å². The second kappa shape index (κ2) is 6.38. The van der Waals surface area contributed by atoms with Gasteiger partial charge in [0.2, 0.25) is 0 Å². The van der Waals surface area contributed by atoms with E-state index in [1.165, 1.54) is 0 Å². The number of ether oxygens (including phenoxy) is 1. The minimum atomic E-state index is 0.0152. The van der Waals surface area contributed by atoms with Gasteiger partial charge in [-0.3, -0.25) is 0 Å². The standard InChI is InChI=1S/C13H27N3O2/c1-5-16(8-10(2)12(14)15-17)9-11-6-7-13(3,4)18-11/h10-11,17H,5-9H2,1-4H3,(H2,14,15). The Morgan fingerprint density at radius 3 is 2.72 bits per heavy atom. The van der Waals surface area contributed by atoms with Crippen LogP contribution in [0, 0.1) is 5.92 Å². The summed E-state index contributed by atoms with van der Waals surface area (Å²) in [5, 5.41) is 11.7. The van der Waals surface area contributed by atoms with Gasteiger partial charge in [0.25, 0.3) is 0 Å². The maximum absolute atomic E-state index is 8.66. The summed E-state index contributed by atoms with van der Waals surface area (Å²) < 4.78 is 6.00. The highest BCUT2D eigenvalue weighted by Gasteiger charge is 2.32. The molecule has 0 radical (unpaired) electrons. The van der Waals surface area contributed by atoms with Crippen LogP contribution in [0.5, 0.6) is 0 Å². The largest absolute Gasteiger partial charge is 0.409 e. The number of hydrogen-bond acceptors (Lipinski definition) is 4. The molecule has 1 aliphatic heterocycles. The SMILES string of the molecule is CCN(CC1CCC(C)(C)O1)CC(C)C(N)=NO. The first-order valence-electron chi connectivity index (χ1n) is 6.75. The van der Waals surface area contributed by atoms with Crippen LogP contribution in [0.4, 0.5) is 0 Å². The minimum absolute atomic E-state index is 0.0152. The van der Waals surface area contributed by atoms with Crippen LogP contribution in [0.3, 0.4) is 0 Å². The minimum Gasteiger partial charge on any atom is -0.409 e. The molecule has 106 valence electrons. The summed E-state index contributed by atoms with van der Waals surface area (Å²) in [5.74, 6) is 0.352. The number of oxime groups is 1. The number of hydrogen-bond donors (Lipinski definition) is 2. The maximum atomic E-state index is 8.66. The van der Waals surface area contributed by atoms with Gasteiger partial charge in [-0.25, -0.2) is 0 Å². The Morgan fingerprint density at radius 2 is 2.28 bits per heavy atom. The van der Waals surface area contributed by atoms with Crippen molar-refractivity contribution in [1.29, 1.82) is 0 Å². The molecule has 3 N–H and O–H groups in total. The first kappa shape index (κ1) is 15.2. The van der Waals surface area contributed by atoms with E-state index in [0.29, 0.717) is 11.9 Å². The smallest absolute Gasteiger partial charge is 0.143 e. The van der Waals surface area contributed by atoms with Crippen LogP contribution < -0.4 is 5.73 Å². The first-order chi connectivity index (χ1) is 8.38. The average molecular weight is 257 g/mol. The van der Waals surface area contributed by atoms with Crippen molar-refractivity contribution < 1.29 is 9.94 Å². The Bertz CT molecular complexity index is 292. The van der Waals surface area contributed by atoms with E-state index in [-0.39, 0.29) is 11.5 Å². The van der Waals surface area contributed by atoms with Crippen molar-refractivity contribution in [3.05, 3.63) is 0 Å². The third-order valence-electron chi connectivity index (χ3n) is 3.62. The molecular weight excluding hydrogens is 230 g/mol. The van der Waals surface area contributed by atoms with Crippen LogP contribution in [0.2, 0.25) is 0 Å². The highest BCUT2D eigenvalue weighted by Crippen LogP contribution is 2.29. The second-order valence-electron chi connectivity index (χ2n) is 5.82. The monoisotopic (exact) mass is 257 g/mol. The summed E-state index contributed by atoms with van der Waals surface area (Å²) in [6.45, 7) is 11.0. The van der Waals surface area contributed by atoms with Crippen LogP contribution in [0.1, 0.15) is 40.5 Å². The lowest BCUT2D eigenvalue weighted by atomic mass is 10.1.